The molecule has 0 aromatic carbocycles. The molecule has 5 rings (SSSR count). The summed E-state index contributed by atoms with van der Waals surface area (Å²) in [5.41, 5.74) is 1.79. The number of aromatic nitrogens is 5. The second kappa shape index (κ2) is 7.29. The number of nitrogens with zero attached hydrogens (tertiary/aromatic N) is 4. The number of aryl methyl sites for hydroxylation is 1. The maximum atomic E-state index is 9.74. The van der Waals surface area contributed by atoms with E-state index in [-0.39, 0.29) is 18.1 Å². The van der Waals surface area contributed by atoms with Gasteiger partial charge in [0.05, 0.1) is 41.2 Å². The van der Waals surface area contributed by atoms with E-state index in [1.54, 1.807) is 24.0 Å². The number of ether oxygens (including phenoxy) is 3. The van der Waals surface area contributed by atoms with Crippen LogP contribution in [0.5, 0.6) is 6.01 Å². The fourth-order valence-electron chi connectivity index (χ4n) is 3.60. The van der Waals surface area contributed by atoms with E-state index in [1.165, 1.54) is 0 Å². The molecule has 0 aliphatic carbocycles. The van der Waals surface area contributed by atoms with Crippen LogP contribution >= 0.6 is 23.2 Å². The molecule has 2 aliphatic heterocycles. The summed E-state index contributed by atoms with van der Waals surface area (Å²) in [6, 6.07) is 2.03. The minimum atomic E-state index is -0.911. The number of halogens is 2. The Hall–Kier alpha value is -2.11. The van der Waals surface area contributed by atoms with Crippen LogP contribution in [0.15, 0.2) is 12.3 Å². The lowest BCUT2D eigenvalue weighted by molar-refractivity contribution is -0.123. The predicted molar refractivity (Wildman–Crippen MR) is 104 cm³/mol. The molecule has 4 atom stereocenters. The number of hydrogen-bond acceptors (Lipinski definition) is 8. The van der Waals surface area contributed by atoms with Crippen LogP contribution in [0.3, 0.4) is 0 Å². The Morgan fingerprint density at radius 2 is 2.17 bits per heavy atom. The number of imidazole rings is 1. The first-order valence-corrected chi connectivity index (χ1v) is 9.79. The third kappa shape index (κ3) is 3.51. The molecular weight excluding hydrogens is 423 g/mol. The molecule has 3 aromatic heterocycles. The first-order valence-electron chi connectivity index (χ1n) is 9.04. The van der Waals surface area contributed by atoms with Gasteiger partial charge in [0.25, 0.3) is 6.01 Å². The normalized spacial score (nSPS) is 26.2. The van der Waals surface area contributed by atoms with Gasteiger partial charge in [-0.3, -0.25) is 4.68 Å². The number of pyridine rings is 1. The predicted octanol–water partition coefficient (Wildman–Crippen LogP) is 1.72. The largest absolute Gasteiger partial charge is 0.458 e. The number of H-pyrrole nitrogens is 1. The summed E-state index contributed by atoms with van der Waals surface area (Å²) >= 11 is 12.5. The van der Waals surface area contributed by atoms with Crippen molar-refractivity contribution in [1.82, 2.24) is 24.7 Å². The minimum absolute atomic E-state index is 0.0462. The number of anilines is 1. The van der Waals surface area contributed by atoms with Crippen molar-refractivity contribution in [3.63, 3.8) is 0 Å². The van der Waals surface area contributed by atoms with Crippen LogP contribution < -0.4 is 10.1 Å². The lowest BCUT2D eigenvalue weighted by Gasteiger charge is -2.14. The van der Waals surface area contributed by atoms with E-state index in [0.717, 1.165) is 0 Å². The monoisotopic (exact) mass is 440 g/mol. The Bertz CT molecular complexity index is 1060. The van der Waals surface area contributed by atoms with Crippen LogP contribution in [0.4, 0.5) is 5.82 Å². The number of fused-ring (bicyclic) bond motifs is 2. The average Bonchev–Trinajstić information content (AvgIpc) is 3.41. The molecule has 0 bridgehead atoms. The van der Waals surface area contributed by atoms with E-state index in [0.29, 0.717) is 58.5 Å². The molecule has 2 fully saturated rings. The van der Waals surface area contributed by atoms with E-state index in [9.17, 15) is 5.11 Å². The van der Waals surface area contributed by atoms with Gasteiger partial charge in [-0.1, -0.05) is 23.2 Å². The van der Waals surface area contributed by atoms with Crippen molar-refractivity contribution in [2.45, 2.75) is 25.0 Å². The number of nitrogens with one attached hydrogen (secondary N) is 2. The Labute approximate surface area is 175 Å². The van der Waals surface area contributed by atoms with E-state index in [1.807, 2.05) is 0 Å². The van der Waals surface area contributed by atoms with Crippen molar-refractivity contribution in [3.8, 4) is 6.01 Å². The van der Waals surface area contributed by atoms with Crippen molar-refractivity contribution < 1.29 is 19.3 Å². The minimum Gasteiger partial charge on any atom is -0.458 e. The van der Waals surface area contributed by atoms with Crippen LogP contribution in [-0.2, 0) is 23.1 Å². The summed E-state index contributed by atoms with van der Waals surface area (Å²) in [7, 11) is 1.80. The molecule has 0 spiro atoms. The van der Waals surface area contributed by atoms with Crippen molar-refractivity contribution in [2.24, 2.45) is 13.0 Å². The second-order valence-electron chi connectivity index (χ2n) is 7.02. The zero-order valence-corrected chi connectivity index (χ0v) is 16.8. The fraction of sp³-hybridized carbons (Fsp3) is 0.471. The van der Waals surface area contributed by atoms with Crippen LogP contribution in [-0.4, -0.2) is 61.6 Å². The number of aliphatic hydroxyl groups excluding tert-OH is 1. The van der Waals surface area contributed by atoms with Gasteiger partial charge in [-0.25, -0.2) is 4.98 Å². The molecule has 12 heteroatoms. The van der Waals surface area contributed by atoms with Gasteiger partial charge >= 0.3 is 0 Å². The van der Waals surface area contributed by atoms with Crippen molar-refractivity contribution in [2.75, 3.05) is 18.5 Å². The summed E-state index contributed by atoms with van der Waals surface area (Å²) in [4.78, 5) is 11.9. The van der Waals surface area contributed by atoms with E-state index in [4.69, 9.17) is 37.4 Å². The molecule has 0 unspecified atom stereocenters. The first kappa shape index (κ1) is 18.9. The molecule has 3 N–H and O–H groups in total. The van der Waals surface area contributed by atoms with E-state index >= 15 is 0 Å². The third-order valence-corrected chi connectivity index (χ3v) is 5.64. The van der Waals surface area contributed by atoms with Gasteiger partial charge in [0.15, 0.2) is 11.9 Å². The highest BCUT2D eigenvalue weighted by Gasteiger charge is 2.48. The van der Waals surface area contributed by atoms with Gasteiger partial charge in [0, 0.05) is 13.2 Å². The standard InChI is InChI=1S/C17H18Cl2N6O4/c1-25-4-9(19)11(24-25)3-20-14-8(18)2-10-15(22-14)23-17(21-10)29-12-6-27-13-7(12)5-28-16(13)26/h2,4,7,12-13,16,26H,3,5-6H2,1H3,(H2,20,21,22,23)/t7-,12-,13+,16-/m1/s1. The number of hydrogen-bond donors (Lipinski definition) is 3. The Balaban J connectivity index is 1.32. The SMILES string of the molecule is Cn1cc(Cl)c(CNc2nc3nc(O[C@@H]4CO[C@H]5[C@@H]4CO[C@H]5O)[nH]c3cc2Cl)n1. The van der Waals surface area contributed by atoms with Crippen molar-refractivity contribution >= 4 is 40.2 Å². The van der Waals surface area contributed by atoms with Gasteiger partial charge in [-0.05, 0) is 6.07 Å². The van der Waals surface area contributed by atoms with Gasteiger partial charge in [-0.2, -0.15) is 10.1 Å². The summed E-state index contributed by atoms with van der Waals surface area (Å²) in [6.07, 6.45) is 0.175. The third-order valence-electron chi connectivity index (χ3n) is 5.04. The average molecular weight is 441 g/mol. The van der Waals surface area contributed by atoms with Crippen LogP contribution in [0, 0.1) is 5.92 Å². The Morgan fingerprint density at radius 1 is 1.31 bits per heavy atom. The zero-order chi connectivity index (χ0) is 20.1. The Morgan fingerprint density at radius 3 is 2.97 bits per heavy atom. The summed E-state index contributed by atoms with van der Waals surface area (Å²) < 4.78 is 18.4. The van der Waals surface area contributed by atoms with Gasteiger partial charge in [0.2, 0.25) is 0 Å². The van der Waals surface area contributed by atoms with Crippen molar-refractivity contribution in [1.29, 1.82) is 0 Å². The number of aromatic amines is 1. The smallest absolute Gasteiger partial charge is 0.296 e. The molecule has 29 heavy (non-hydrogen) atoms. The topological polar surface area (TPSA) is 119 Å². The summed E-state index contributed by atoms with van der Waals surface area (Å²) in [6.45, 7) is 1.11. The Kier molecular flexibility index (Phi) is 4.75. The lowest BCUT2D eigenvalue weighted by Crippen LogP contribution is -2.30. The summed E-state index contributed by atoms with van der Waals surface area (Å²) in [5.74, 6) is 0.422. The summed E-state index contributed by atoms with van der Waals surface area (Å²) in [5, 5.41) is 18.1. The molecule has 0 radical (unpaired) electrons. The fourth-order valence-corrected chi connectivity index (χ4v) is 4.06. The van der Waals surface area contributed by atoms with Crippen molar-refractivity contribution in [3.05, 3.63) is 28.0 Å². The maximum Gasteiger partial charge on any atom is 0.296 e. The van der Waals surface area contributed by atoms with Crippen LogP contribution in [0.1, 0.15) is 5.69 Å². The molecule has 2 aliphatic rings. The van der Waals surface area contributed by atoms with Crippen LogP contribution in [0.2, 0.25) is 10.0 Å². The molecule has 2 saturated heterocycles. The molecule has 154 valence electrons. The highest BCUT2D eigenvalue weighted by molar-refractivity contribution is 6.33. The molecular formula is C17H18Cl2N6O4. The first-order chi connectivity index (χ1) is 14.0. The lowest BCUT2D eigenvalue weighted by atomic mass is 10.0. The quantitative estimate of drug-likeness (QED) is 0.548. The molecule has 0 saturated carbocycles. The van der Waals surface area contributed by atoms with Gasteiger partial charge in [-0.15, -0.1) is 0 Å². The molecule has 3 aromatic rings. The number of aliphatic hydroxyl groups is 1. The highest BCUT2D eigenvalue weighted by atomic mass is 35.5. The van der Waals surface area contributed by atoms with Gasteiger partial charge in [0.1, 0.15) is 23.7 Å². The van der Waals surface area contributed by atoms with E-state index in [2.05, 4.69) is 25.4 Å². The number of rotatable bonds is 5. The van der Waals surface area contributed by atoms with Crippen LogP contribution in [0.25, 0.3) is 11.2 Å². The maximum absolute atomic E-state index is 9.74. The molecule has 10 nitrogen and oxygen atoms in total. The molecule has 0 amide bonds. The second-order valence-corrected chi connectivity index (χ2v) is 7.84. The zero-order valence-electron chi connectivity index (χ0n) is 15.3. The van der Waals surface area contributed by atoms with Gasteiger partial charge < -0.3 is 29.6 Å². The van der Waals surface area contributed by atoms with E-state index < -0.39 is 6.29 Å². The highest BCUT2D eigenvalue weighted by Crippen LogP contribution is 2.33. The molecule has 5 heterocycles.